The fourth-order valence-corrected chi connectivity index (χ4v) is 1.69. The Morgan fingerprint density at radius 1 is 0.882 bits per heavy atom. The highest BCUT2D eigenvalue weighted by molar-refractivity contribution is 5.13. The number of rotatable bonds is 9. The number of hydrogen-bond acceptors (Lipinski definition) is 1. The molecule has 1 nitrogen and oxygen atoms in total. The zero-order valence-electron chi connectivity index (χ0n) is 12.4. The highest BCUT2D eigenvalue weighted by Gasteiger charge is 2.08. The van der Waals surface area contributed by atoms with Gasteiger partial charge in [0.15, 0.2) is 0 Å². The highest BCUT2D eigenvalue weighted by atomic mass is 14.9. The maximum Gasteiger partial charge on any atom is 0.0741 e. The summed E-state index contributed by atoms with van der Waals surface area (Å²) >= 11 is 0. The van der Waals surface area contributed by atoms with E-state index in [0.717, 1.165) is 6.42 Å². The summed E-state index contributed by atoms with van der Waals surface area (Å²) in [6.07, 6.45) is 12.1. The van der Waals surface area contributed by atoms with E-state index >= 15 is 0 Å². The average molecular weight is 237 g/mol. The fraction of sp³-hybridized carbons (Fsp3) is 0.875. The van der Waals surface area contributed by atoms with Gasteiger partial charge in [0, 0.05) is 6.42 Å². The fourth-order valence-electron chi connectivity index (χ4n) is 1.69. The van der Waals surface area contributed by atoms with Crippen molar-refractivity contribution in [3.8, 4) is 11.8 Å². The van der Waals surface area contributed by atoms with Crippen LogP contribution in [0.3, 0.4) is 0 Å². The van der Waals surface area contributed by atoms with Gasteiger partial charge in [0.05, 0.1) is 5.54 Å². The van der Waals surface area contributed by atoms with Gasteiger partial charge in [-0.15, -0.1) is 5.92 Å². The smallest absolute Gasteiger partial charge is 0.0741 e. The van der Waals surface area contributed by atoms with Crippen LogP contribution in [0, 0.1) is 11.8 Å². The minimum absolute atomic E-state index is 0.0276. The van der Waals surface area contributed by atoms with Gasteiger partial charge < -0.3 is 5.32 Å². The van der Waals surface area contributed by atoms with Gasteiger partial charge in [-0.05, 0) is 27.3 Å². The first-order chi connectivity index (χ1) is 8.12. The van der Waals surface area contributed by atoms with Gasteiger partial charge in [-0.2, -0.15) is 0 Å². The first-order valence-corrected chi connectivity index (χ1v) is 7.31. The van der Waals surface area contributed by atoms with E-state index in [9.17, 15) is 0 Å². The van der Waals surface area contributed by atoms with Gasteiger partial charge in [-0.25, -0.2) is 0 Å². The standard InChI is InChI=1S/C16H31N/c1-5-6-7-8-9-10-11-12-13-14-15-16(2,3)17-4/h17H,5-13H2,1-4H3. The molecule has 0 aliphatic heterocycles. The average Bonchev–Trinajstić information content (AvgIpc) is 2.31. The molecule has 0 unspecified atom stereocenters. The molecule has 0 atom stereocenters. The molecule has 0 aromatic heterocycles. The molecule has 0 aliphatic rings. The molecule has 0 fully saturated rings. The molecule has 1 N–H and O–H groups in total. The Morgan fingerprint density at radius 3 is 1.94 bits per heavy atom. The lowest BCUT2D eigenvalue weighted by molar-refractivity contribution is 0.546. The van der Waals surface area contributed by atoms with Crippen LogP contribution in [0.5, 0.6) is 0 Å². The summed E-state index contributed by atoms with van der Waals surface area (Å²) in [6.45, 7) is 6.51. The molecule has 0 radical (unpaired) electrons. The van der Waals surface area contributed by atoms with Crippen LogP contribution < -0.4 is 5.32 Å². The molecule has 0 saturated heterocycles. The van der Waals surface area contributed by atoms with Gasteiger partial charge in [-0.1, -0.05) is 57.8 Å². The maximum absolute atomic E-state index is 3.28. The van der Waals surface area contributed by atoms with Crippen molar-refractivity contribution in [2.24, 2.45) is 0 Å². The van der Waals surface area contributed by atoms with E-state index in [1.165, 1.54) is 51.4 Å². The Balaban J connectivity index is 3.29. The second kappa shape index (κ2) is 10.7. The third kappa shape index (κ3) is 11.8. The van der Waals surface area contributed by atoms with Crippen molar-refractivity contribution in [2.45, 2.75) is 84.1 Å². The zero-order valence-corrected chi connectivity index (χ0v) is 12.4. The predicted octanol–water partition coefficient (Wildman–Crippen LogP) is 4.52. The van der Waals surface area contributed by atoms with Crippen LogP contribution in [0.15, 0.2) is 0 Å². The molecule has 0 rings (SSSR count). The second-order valence-corrected chi connectivity index (χ2v) is 5.40. The SMILES string of the molecule is CCCCCCCCCCC#CC(C)(C)NC. The molecule has 0 bridgehead atoms. The lowest BCUT2D eigenvalue weighted by Crippen LogP contribution is -2.34. The van der Waals surface area contributed by atoms with E-state index in [1.807, 2.05) is 7.05 Å². The molecule has 0 aliphatic carbocycles. The molecule has 0 spiro atoms. The Morgan fingerprint density at radius 2 is 1.41 bits per heavy atom. The van der Waals surface area contributed by atoms with Crippen molar-refractivity contribution >= 4 is 0 Å². The molecule has 17 heavy (non-hydrogen) atoms. The molecule has 100 valence electrons. The summed E-state index contributed by atoms with van der Waals surface area (Å²) in [5, 5.41) is 3.20. The van der Waals surface area contributed by atoms with Crippen LogP contribution in [0.25, 0.3) is 0 Å². The summed E-state index contributed by atoms with van der Waals surface area (Å²) in [6, 6.07) is 0. The van der Waals surface area contributed by atoms with Crippen molar-refractivity contribution < 1.29 is 0 Å². The van der Waals surface area contributed by atoms with Gasteiger partial charge in [-0.3, -0.25) is 0 Å². The quantitative estimate of drug-likeness (QED) is 0.459. The van der Waals surface area contributed by atoms with Gasteiger partial charge in [0.1, 0.15) is 0 Å². The van der Waals surface area contributed by atoms with Crippen LogP contribution >= 0.6 is 0 Å². The third-order valence-electron chi connectivity index (χ3n) is 3.18. The minimum Gasteiger partial charge on any atom is -0.305 e. The molecule has 0 heterocycles. The molecular weight excluding hydrogens is 206 g/mol. The summed E-state index contributed by atoms with van der Waals surface area (Å²) < 4.78 is 0. The van der Waals surface area contributed by atoms with Crippen LogP contribution in [-0.2, 0) is 0 Å². The maximum atomic E-state index is 3.28. The first-order valence-electron chi connectivity index (χ1n) is 7.31. The number of nitrogens with one attached hydrogen (secondary N) is 1. The van der Waals surface area contributed by atoms with Crippen molar-refractivity contribution in [2.75, 3.05) is 7.05 Å². The zero-order chi connectivity index (χ0) is 13.0. The lowest BCUT2D eigenvalue weighted by atomic mass is 10.1. The molecule has 0 saturated carbocycles. The van der Waals surface area contributed by atoms with Crippen molar-refractivity contribution in [3.63, 3.8) is 0 Å². The van der Waals surface area contributed by atoms with Crippen molar-refractivity contribution in [3.05, 3.63) is 0 Å². The Kier molecular flexibility index (Phi) is 10.4. The minimum atomic E-state index is -0.0276. The summed E-state index contributed by atoms with van der Waals surface area (Å²) in [5.41, 5.74) is -0.0276. The number of hydrogen-bond donors (Lipinski definition) is 1. The van der Waals surface area contributed by atoms with Crippen LogP contribution in [0.1, 0.15) is 78.6 Å². The first kappa shape index (κ1) is 16.5. The van der Waals surface area contributed by atoms with E-state index in [0.29, 0.717) is 0 Å². The monoisotopic (exact) mass is 237 g/mol. The Bertz CT molecular complexity index is 219. The van der Waals surface area contributed by atoms with Crippen LogP contribution in [0.2, 0.25) is 0 Å². The Hall–Kier alpha value is -0.480. The summed E-state index contributed by atoms with van der Waals surface area (Å²) in [7, 11) is 1.96. The molecular formula is C16H31N. The molecule has 0 aromatic rings. The van der Waals surface area contributed by atoms with Gasteiger partial charge in [0.25, 0.3) is 0 Å². The van der Waals surface area contributed by atoms with E-state index in [-0.39, 0.29) is 5.54 Å². The van der Waals surface area contributed by atoms with E-state index in [2.05, 4.69) is 37.9 Å². The Labute approximate surface area is 109 Å². The van der Waals surface area contributed by atoms with Crippen molar-refractivity contribution in [1.29, 1.82) is 0 Å². The van der Waals surface area contributed by atoms with Crippen LogP contribution in [0.4, 0.5) is 0 Å². The predicted molar refractivity (Wildman–Crippen MR) is 78.1 cm³/mol. The molecule has 0 amide bonds. The second-order valence-electron chi connectivity index (χ2n) is 5.40. The van der Waals surface area contributed by atoms with Crippen molar-refractivity contribution in [1.82, 2.24) is 5.32 Å². The normalized spacial score (nSPS) is 11.1. The summed E-state index contributed by atoms with van der Waals surface area (Å²) in [4.78, 5) is 0. The van der Waals surface area contributed by atoms with Gasteiger partial charge in [0.2, 0.25) is 0 Å². The largest absolute Gasteiger partial charge is 0.305 e. The molecule has 0 aromatic carbocycles. The number of unbranched alkanes of at least 4 members (excludes halogenated alkanes) is 8. The van der Waals surface area contributed by atoms with Gasteiger partial charge >= 0.3 is 0 Å². The summed E-state index contributed by atoms with van der Waals surface area (Å²) in [5.74, 6) is 6.54. The third-order valence-corrected chi connectivity index (χ3v) is 3.18. The molecule has 1 heteroatoms. The highest BCUT2D eigenvalue weighted by Crippen LogP contribution is 2.09. The topological polar surface area (TPSA) is 12.0 Å². The van der Waals surface area contributed by atoms with E-state index in [1.54, 1.807) is 0 Å². The van der Waals surface area contributed by atoms with E-state index < -0.39 is 0 Å². The van der Waals surface area contributed by atoms with E-state index in [4.69, 9.17) is 0 Å². The van der Waals surface area contributed by atoms with Crippen LogP contribution in [-0.4, -0.2) is 12.6 Å². The lowest BCUT2D eigenvalue weighted by Gasteiger charge is -2.15.